The Morgan fingerprint density at radius 2 is 1.97 bits per heavy atom. The van der Waals surface area contributed by atoms with Crippen LogP contribution in [0.3, 0.4) is 0 Å². The lowest BCUT2D eigenvalue weighted by molar-refractivity contribution is -0.115. The number of aliphatic hydroxyl groups is 1. The number of anilines is 2. The molecular formula is C22H27ClN4O6S. The third-order valence-corrected chi connectivity index (χ3v) is 5.81. The summed E-state index contributed by atoms with van der Waals surface area (Å²) >= 11 is 7.15. The van der Waals surface area contributed by atoms with Gasteiger partial charge in [-0.3, -0.25) is 15.0 Å². The molecule has 10 nitrogen and oxygen atoms in total. The molecule has 2 unspecified atom stereocenters. The minimum absolute atomic E-state index is 0.243. The average Bonchev–Trinajstić information content (AvgIpc) is 3.35. The standard InChI is InChI=1S/C22H27ClN4O6S/c1-22(2,3)33-20(30)25-11-18(28)26-13-4-6-14(7-5-13)27-12-15(32-21(27)31)10-24-19(29)16-8-9-17(23)34-16/h4-9,15,19,24,29H,10-12H2,1-3H3,(H,25,30)(H,26,28). The monoisotopic (exact) mass is 510 g/mol. The van der Waals surface area contributed by atoms with Crippen molar-refractivity contribution in [2.75, 3.05) is 29.9 Å². The van der Waals surface area contributed by atoms with E-state index in [1.54, 1.807) is 57.2 Å². The van der Waals surface area contributed by atoms with Crippen LogP contribution >= 0.6 is 22.9 Å². The normalized spacial score (nSPS) is 16.7. The van der Waals surface area contributed by atoms with Crippen LogP contribution in [0.25, 0.3) is 0 Å². The van der Waals surface area contributed by atoms with Crippen molar-refractivity contribution in [3.63, 3.8) is 0 Å². The largest absolute Gasteiger partial charge is 0.444 e. The summed E-state index contributed by atoms with van der Waals surface area (Å²) in [7, 11) is 0. The molecule has 1 aliphatic heterocycles. The molecular weight excluding hydrogens is 484 g/mol. The summed E-state index contributed by atoms with van der Waals surface area (Å²) in [6, 6.07) is 10.1. The molecule has 2 atom stereocenters. The van der Waals surface area contributed by atoms with E-state index in [2.05, 4.69) is 16.0 Å². The molecule has 0 saturated carbocycles. The van der Waals surface area contributed by atoms with Crippen LogP contribution in [0, 0.1) is 0 Å². The Balaban J connectivity index is 1.46. The van der Waals surface area contributed by atoms with Crippen molar-refractivity contribution in [1.29, 1.82) is 0 Å². The van der Waals surface area contributed by atoms with E-state index >= 15 is 0 Å². The molecule has 3 rings (SSSR count). The van der Waals surface area contributed by atoms with Crippen molar-refractivity contribution < 1.29 is 29.0 Å². The molecule has 1 aromatic heterocycles. The summed E-state index contributed by atoms with van der Waals surface area (Å²) < 4.78 is 11.0. The number of carbonyl (C=O) groups is 3. The minimum Gasteiger partial charge on any atom is -0.444 e. The first-order valence-corrected chi connectivity index (χ1v) is 11.7. The summed E-state index contributed by atoms with van der Waals surface area (Å²) in [5, 5.41) is 18.2. The fraction of sp³-hybridized carbons (Fsp3) is 0.409. The number of hydrogen-bond acceptors (Lipinski definition) is 8. The highest BCUT2D eigenvalue weighted by atomic mass is 35.5. The van der Waals surface area contributed by atoms with Crippen LogP contribution in [-0.4, -0.2) is 54.5 Å². The summed E-state index contributed by atoms with van der Waals surface area (Å²) in [5.41, 5.74) is 0.451. The number of thiophene rings is 1. The number of benzene rings is 1. The van der Waals surface area contributed by atoms with Gasteiger partial charge in [0.05, 0.1) is 10.9 Å². The van der Waals surface area contributed by atoms with Gasteiger partial charge in [-0.15, -0.1) is 11.3 Å². The lowest BCUT2D eigenvalue weighted by Crippen LogP contribution is -2.37. The maximum absolute atomic E-state index is 12.3. The van der Waals surface area contributed by atoms with Crippen LogP contribution in [0.4, 0.5) is 21.0 Å². The Bertz CT molecular complexity index is 1020. The van der Waals surface area contributed by atoms with Crippen molar-refractivity contribution in [1.82, 2.24) is 10.6 Å². The third kappa shape index (κ3) is 7.59. The van der Waals surface area contributed by atoms with Crippen molar-refractivity contribution in [3.05, 3.63) is 45.6 Å². The van der Waals surface area contributed by atoms with Gasteiger partial charge in [-0.05, 0) is 57.2 Å². The number of carbonyl (C=O) groups excluding carboxylic acids is 3. The van der Waals surface area contributed by atoms with Gasteiger partial charge in [0.15, 0.2) is 0 Å². The minimum atomic E-state index is -0.905. The molecule has 2 heterocycles. The highest BCUT2D eigenvalue weighted by Crippen LogP contribution is 2.26. The number of cyclic esters (lactones) is 1. The second kappa shape index (κ2) is 11.0. The zero-order chi connectivity index (χ0) is 24.9. The maximum atomic E-state index is 12.3. The van der Waals surface area contributed by atoms with E-state index < -0.39 is 36.0 Å². The maximum Gasteiger partial charge on any atom is 0.414 e. The van der Waals surface area contributed by atoms with Crippen LogP contribution < -0.4 is 20.9 Å². The van der Waals surface area contributed by atoms with E-state index in [9.17, 15) is 19.5 Å². The Labute approximate surface area is 206 Å². The van der Waals surface area contributed by atoms with E-state index in [1.807, 2.05) is 0 Å². The van der Waals surface area contributed by atoms with Crippen LogP contribution in [0.5, 0.6) is 0 Å². The first kappa shape index (κ1) is 25.8. The van der Waals surface area contributed by atoms with Gasteiger partial charge in [0.25, 0.3) is 0 Å². The van der Waals surface area contributed by atoms with E-state index in [-0.39, 0.29) is 13.1 Å². The number of aliphatic hydroxyl groups excluding tert-OH is 1. The molecule has 1 aliphatic rings. The van der Waals surface area contributed by atoms with Crippen molar-refractivity contribution >= 4 is 52.4 Å². The van der Waals surface area contributed by atoms with E-state index in [4.69, 9.17) is 21.1 Å². The average molecular weight is 511 g/mol. The summed E-state index contributed by atoms with van der Waals surface area (Å²) in [4.78, 5) is 38.1. The number of halogens is 1. The smallest absolute Gasteiger partial charge is 0.414 e. The van der Waals surface area contributed by atoms with Crippen LogP contribution in [0.2, 0.25) is 4.34 Å². The van der Waals surface area contributed by atoms with Crippen molar-refractivity contribution in [2.24, 2.45) is 0 Å². The Kier molecular flexibility index (Phi) is 8.37. The molecule has 1 fully saturated rings. The summed E-state index contributed by atoms with van der Waals surface area (Å²) in [5.74, 6) is -0.420. The molecule has 0 radical (unpaired) electrons. The molecule has 1 saturated heterocycles. The predicted octanol–water partition coefficient (Wildman–Crippen LogP) is 3.47. The van der Waals surface area contributed by atoms with Crippen molar-refractivity contribution in [3.8, 4) is 0 Å². The first-order valence-electron chi connectivity index (χ1n) is 10.5. The van der Waals surface area contributed by atoms with Crippen LogP contribution in [-0.2, 0) is 14.3 Å². The molecule has 0 bridgehead atoms. The lowest BCUT2D eigenvalue weighted by atomic mass is 10.2. The topological polar surface area (TPSA) is 129 Å². The van der Waals surface area contributed by atoms with Gasteiger partial charge in [0.1, 0.15) is 24.5 Å². The number of hydrogen-bond donors (Lipinski definition) is 4. The van der Waals surface area contributed by atoms with E-state index in [0.717, 1.165) is 0 Å². The zero-order valence-electron chi connectivity index (χ0n) is 19.0. The lowest BCUT2D eigenvalue weighted by Gasteiger charge is -2.19. The van der Waals surface area contributed by atoms with Gasteiger partial charge in [-0.2, -0.15) is 0 Å². The summed E-state index contributed by atoms with van der Waals surface area (Å²) in [6.07, 6.45) is -2.53. The second-order valence-electron chi connectivity index (χ2n) is 8.52. The molecule has 184 valence electrons. The highest BCUT2D eigenvalue weighted by molar-refractivity contribution is 7.16. The third-order valence-electron chi connectivity index (χ3n) is 4.53. The van der Waals surface area contributed by atoms with Crippen LogP contribution in [0.1, 0.15) is 31.9 Å². The quantitative estimate of drug-likeness (QED) is 0.400. The van der Waals surface area contributed by atoms with Crippen LogP contribution in [0.15, 0.2) is 36.4 Å². The van der Waals surface area contributed by atoms with E-state index in [1.165, 1.54) is 16.2 Å². The zero-order valence-corrected chi connectivity index (χ0v) is 20.5. The SMILES string of the molecule is CC(C)(C)OC(=O)NCC(=O)Nc1ccc(N2CC(CNC(O)c3ccc(Cl)s3)OC2=O)cc1. The number of ether oxygens (including phenoxy) is 2. The number of alkyl carbamates (subject to hydrolysis) is 1. The predicted molar refractivity (Wildman–Crippen MR) is 129 cm³/mol. The fourth-order valence-corrected chi connectivity index (χ4v) is 4.08. The first-order chi connectivity index (χ1) is 16.0. The Morgan fingerprint density at radius 3 is 2.59 bits per heavy atom. The second-order valence-corrected chi connectivity index (χ2v) is 10.3. The van der Waals surface area contributed by atoms with Crippen molar-refractivity contribution in [2.45, 2.75) is 38.7 Å². The fourth-order valence-electron chi connectivity index (χ4n) is 3.05. The Morgan fingerprint density at radius 1 is 1.26 bits per heavy atom. The van der Waals surface area contributed by atoms with Gasteiger partial charge >= 0.3 is 12.2 Å². The number of nitrogens with zero attached hydrogens (tertiary/aromatic N) is 1. The highest BCUT2D eigenvalue weighted by Gasteiger charge is 2.32. The molecule has 0 spiro atoms. The van der Waals surface area contributed by atoms with Gasteiger partial charge in [-0.25, -0.2) is 9.59 Å². The molecule has 1 aromatic carbocycles. The van der Waals surface area contributed by atoms with E-state index in [0.29, 0.717) is 27.1 Å². The molecule has 12 heteroatoms. The number of amides is 3. The summed E-state index contributed by atoms with van der Waals surface area (Å²) in [6.45, 7) is 5.51. The molecule has 34 heavy (non-hydrogen) atoms. The number of rotatable bonds is 8. The van der Waals surface area contributed by atoms with Gasteiger partial charge < -0.3 is 25.2 Å². The molecule has 4 N–H and O–H groups in total. The van der Waals surface area contributed by atoms with Gasteiger partial charge in [0, 0.05) is 22.8 Å². The molecule has 3 amide bonds. The van der Waals surface area contributed by atoms with Gasteiger partial charge in [0.2, 0.25) is 5.91 Å². The Hall–Kier alpha value is -2.86. The number of nitrogens with one attached hydrogen (secondary N) is 3. The molecule has 0 aliphatic carbocycles. The molecule has 2 aromatic rings. The van der Waals surface area contributed by atoms with Gasteiger partial charge in [-0.1, -0.05) is 11.6 Å².